The first kappa shape index (κ1) is 17.1. The van der Waals surface area contributed by atoms with Crippen molar-refractivity contribution in [3.05, 3.63) is 11.1 Å². The van der Waals surface area contributed by atoms with Gasteiger partial charge in [0.1, 0.15) is 5.66 Å². The molecule has 7 heteroatoms. The molecule has 0 amide bonds. The summed E-state index contributed by atoms with van der Waals surface area (Å²) >= 11 is 0. The van der Waals surface area contributed by atoms with Gasteiger partial charge in [0.15, 0.2) is 5.78 Å². The van der Waals surface area contributed by atoms with E-state index in [1.165, 1.54) is 7.11 Å². The summed E-state index contributed by atoms with van der Waals surface area (Å²) in [6, 6.07) is 0. The highest BCUT2D eigenvalue weighted by Gasteiger charge is 2.54. The van der Waals surface area contributed by atoms with Crippen LogP contribution < -0.4 is 0 Å². The van der Waals surface area contributed by atoms with Crippen molar-refractivity contribution in [1.29, 1.82) is 0 Å². The van der Waals surface area contributed by atoms with Crippen molar-refractivity contribution < 1.29 is 27.9 Å². The van der Waals surface area contributed by atoms with Crippen LogP contribution in [-0.2, 0) is 27.9 Å². The minimum Gasteiger partial charge on any atom is -0.469 e. The van der Waals surface area contributed by atoms with E-state index in [9.17, 15) is 14.2 Å². The first-order chi connectivity index (χ1) is 9.33. The Morgan fingerprint density at radius 1 is 1.20 bits per heavy atom. The molecule has 0 aromatic rings. The Morgan fingerprint density at radius 3 is 2.10 bits per heavy atom. The van der Waals surface area contributed by atoms with E-state index in [2.05, 4.69) is 0 Å². The Bertz CT molecular complexity index is 471. The molecule has 1 aliphatic carbocycles. The van der Waals surface area contributed by atoms with Gasteiger partial charge in [0.2, 0.25) is 0 Å². The van der Waals surface area contributed by atoms with Gasteiger partial charge in [-0.25, -0.2) is 0 Å². The Labute approximate surface area is 119 Å². The van der Waals surface area contributed by atoms with Crippen molar-refractivity contribution >= 4 is 19.3 Å². The third kappa shape index (κ3) is 2.87. The minimum absolute atomic E-state index is 0.132. The number of hydrogen-bond acceptors (Lipinski definition) is 6. The average molecular weight is 304 g/mol. The number of carbonyl (C=O) groups is 2. The predicted octanol–water partition coefficient (Wildman–Crippen LogP) is 2.33. The number of carbonyl (C=O) groups excluding carboxylic acids is 2. The number of hydrogen-bond donors (Lipinski definition) is 0. The van der Waals surface area contributed by atoms with Crippen LogP contribution in [0.5, 0.6) is 0 Å². The van der Waals surface area contributed by atoms with Gasteiger partial charge in [0, 0.05) is 0 Å². The van der Waals surface area contributed by atoms with Crippen molar-refractivity contribution in [2.45, 2.75) is 33.4 Å². The molecule has 0 unspecified atom stereocenters. The zero-order valence-corrected chi connectivity index (χ0v) is 13.4. The second kappa shape index (κ2) is 6.66. The highest BCUT2D eigenvalue weighted by Crippen LogP contribution is 2.59. The van der Waals surface area contributed by atoms with Crippen LogP contribution >= 0.6 is 7.60 Å². The highest BCUT2D eigenvalue weighted by molar-refractivity contribution is 7.56. The van der Waals surface area contributed by atoms with Crippen LogP contribution in [0.25, 0.3) is 0 Å². The molecule has 0 bridgehead atoms. The molecule has 114 valence electrons. The van der Waals surface area contributed by atoms with Gasteiger partial charge in [-0.05, 0) is 33.3 Å². The minimum atomic E-state index is -3.71. The van der Waals surface area contributed by atoms with E-state index in [1.54, 1.807) is 27.7 Å². The molecule has 0 aliphatic heterocycles. The monoisotopic (exact) mass is 304 g/mol. The van der Waals surface area contributed by atoms with Crippen molar-refractivity contribution in [2.24, 2.45) is 5.92 Å². The lowest BCUT2D eigenvalue weighted by Crippen LogP contribution is -2.32. The fourth-order valence-electron chi connectivity index (χ4n) is 2.35. The van der Waals surface area contributed by atoms with Crippen molar-refractivity contribution in [3.8, 4) is 0 Å². The maximum absolute atomic E-state index is 12.8. The molecule has 0 aromatic heterocycles. The molecule has 0 aromatic carbocycles. The zero-order chi connectivity index (χ0) is 15.5. The molecular formula is C13H21O6P. The van der Waals surface area contributed by atoms with Gasteiger partial charge in [-0.1, -0.05) is 5.57 Å². The molecule has 0 N–H and O–H groups in total. The molecular weight excluding hydrogens is 283 g/mol. The molecule has 6 nitrogen and oxygen atoms in total. The molecule has 0 saturated heterocycles. The van der Waals surface area contributed by atoms with E-state index in [0.29, 0.717) is 11.1 Å². The predicted molar refractivity (Wildman–Crippen MR) is 73.5 cm³/mol. The van der Waals surface area contributed by atoms with Crippen LogP contribution in [0.4, 0.5) is 0 Å². The van der Waals surface area contributed by atoms with E-state index in [4.69, 9.17) is 13.8 Å². The Morgan fingerprint density at radius 2 is 1.70 bits per heavy atom. The van der Waals surface area contributed by atoms with Crippen LogP contribution in [0.1, 0.15) is 27.7 Å². The maximum atomic E-state index is 12.8. The molecule has 0 heterocycles. The van der Waals surface area contributed by atoms with Crippen molar-refractivity contribution in [3.63, 3.8) is 0 Å². The Hall–Kier alpha value is -0.970. The topological polar surface area (TPSA) is 78.9 Å². The zero-order valence-electron chi connectivity index (χ0n) is 12.5. The second-order valence-corrected chi connectivity index (χ2v) is 6.65. The summed E-state index contributed by atoms with van der Waals surface area (Å²) in [4.78, 5) is 24.3. The van der Waals surface area contributed by atoms with Gasteiger partial charge in [-0.15, -0.1) is 0 Å². The van der Waals surface area contributed by atoms with Crippen LogP contribution in [0.2, 0.25) is 0 Å². The smallest absolute Gasteiger partial charge is 0.342 e. The molecule has 0 radical (unpaired) electrons. The summed E-state index contributed by atoms with van der Waals surface area (Å²) in [5.41, 5.74) is -0.161. The molecule has 1 aliphatic rings. The summed E-state index contributed by atoms with van der Waals surface area (Å²) in [5.74, 6) is -1.88. The number of ether oxygens (including phenoxy) is 1. The van der Waals surface area contributed by atoms with Gasteiger partial charge in [0.05, 0.1) is 26.2 Å². The third-order valence-corrected chi connectivity index (χ3v) is 5.88. The van der Waals surface area contributed by atoms with E-state index in [-0.39, 0.29) is 19.0 Å². The van der Waals surface area contributed by atoms with Crippen LogP contribution in [0.15, 0.2) is 11.1 Å². The quantitative estimate of drug-likeness (QED) is 0.553. The van der Waals surface area contributed by atoms with E-state index < -0.39 is 25.1 Å². The lowest BCUT2D eigenvalue weighted by atomic mass is 10.0. The summed E-state index contributed by atoms with van der Waals surface area (Å²) in [7, 11) is -2.48. The molecule has 0 spiro atoms. The first-order valence-corrected chi connectivity index (χ1v) is 8.13. The standard InChI is InChI=1S/C13H21O6P/c1-6-18-20(16,19-7-2)12-10(13(15)17-5)8(3)9(4)11(12)14/h10,12H,6-7H2,1-5H3/t10-,12+/m0/s1. The van der Waals surface area contributed by atoms with Gasteiger partial charge >= 0.3 is 13.6 Å². The maximum Gasteiger partial charge on any atom is 0.342 e. The number of methoxy groups -OCH3 is 1. The molecule has 2 atom stereocenters. The number of rotatable bonds is 6. The summed E-state index contributed by atoms with van der Waals surface area (Å²) in [6.07, 6.45) is 0. The second-order valence-electron chi connectivity index (χ2n) is 4.49. The number of ketones is 1. The van der Waals surface area contributed by atoms with Gasteiger partial charge < -0.3 is 13.8 Å². The largest absolute Gasteiger partial charge is 0.469 e. The van der Waals surface area contributed by atoms with Crippen molar-refractivity contribution in [2.75, 3.05) is 20.3 Å². The SMILES string of the molecule is CCOP(=O)(OCC)[C@H]1C(=O)C(C)=C(C)[C@@H]1C(=O)OC. The number of esters is 1. The Kier molecular flexibility index (Phi) is 5.68. The summed E-state index contributed by atoms with van der Waals surface area (Å²) in [6.45, 7) is 6.85. The van der Waals surface area contributed by atoms with E-state index >= 15 is 0 Å². The van der Waals surface area contributed by atoms with Gasteiger partial charge in [-0.3, -0.25) is 14.2 Å². The molecule has 0 saturated carbocycles. The average Bonchev–Trinajstić information content (AvgIpc) is 2.63. The van der Waals surface area contributed by atoms with Crippen LogP contribution in [-0.4, -0.2) is 37.7 Å². The molecule has 0 fully saturated rings. The number of Topliss-reactive ketones (excluding diaryl/α,β-unsaturated/α-hetero) is 1. The Balaban J connectivity index is 3.29. The first-order valence-electron chi connectivity index (χ1n) is 6.52. The summed E-state index contributed by atoms with van der Waals surface area (Å²) < 4.78 is 28.0. The molecule has 20 heavy (non-hydrogen) atoms. The lowest BCUT2D eigenvalue weighted by molar-refractivity contribution is -0.144. The fraction of sp³-hybridized carbons (Fsp3) is 0.692. The normalized spacial score (nSPS) is 23.4. The number of allylic oxidation sites excluding steroid dienone is 1. The molecule has 1 rings (SSSR count). The third-order valence-electron chi connectivity index (χ3n) is 3.43. The summed E-state index contributed by atoms with van der Waals surface area (Å²) in [5, 5.41) is 0. The fourth-order valence-corrected chi connectivity index (χ4v) is 4.66. The lowest BCUT2D eigenvalue weighted by Gasteiger charge is -2.26. The van der Waals surface area contributed by atoms with E-state index in [1.807, 2.05) is 0 Å². The van der Waals surface area contributed by atoms with E-state index in [0.717, 1.165) is 0 Å². The van der Waals surface area contributed by atoms with Crippen LogP contribution in [0.3, 0.4) is 0 Å². The van der Waals surface area contributed by atoms with Gasteiger partial charge in [0.25, 0.3) is 0 Å². The van der Waals surface area contributed by atoms with Crippen molar-refractivity contribution in [1.82, 2.24) is 0 Å². The highest BCUT2D eigenvalue weighted by atomic mass is 31.2. The van der Waals surface area contributed by atoms with Gasteiger partial charge in [-0.2, -0.15) is 0 Å². The van der Waals surface area contributed by atoms with Crippen LogP contribution in [0, 0.1) is 5.92 Å².